The summed E-state index contributed by atoms with van der Waals surface area (Å²) in [5.41, 5.74) is 10.3. The van der Waals surface area contributed by atoms with E-state index in [-0.39, 0.29) is 5.11 Å². The maximum atomic E-state index is 8.68. The lowest BCUT2D eigenvalue weighted by atomic mass is 10.1. The molecule has 0 saturated heterocycles. The van der Waals surface area contributed by atoms with E-state index in [4.69, 9.17) is 34.8 Å². The highest BCUT2D eigenvalue weighted by Gasteiger charge is 2.10. The van der Waals surface area contributed by atoms with Crippen molar-refractivity contribution in [1.82, 2.24) is 15.2 Å². The zero-order valence-electron chi connectivity index (χ0n) is 11.5. The number of thiocarbonyl (C=S) groups is 1. The van der Waals surface area contributed by atoms with Gasteiger partial charge in [-0.15, -0.1) is 0 Å². The lowest BCUT2D eigenvalue weighted by Gasteiger charge is -1.99. The van der Waals surface area contributed by atoms with Crippen LogP contribution in [0, 0.1) is 11.3 Å². The van der Waals surface area contributed by atoms with Crippen LogP contribution in [0.5, 0.6) is 0 Å². The van der Waals surface area contributed by atoms with Crippen LogP contribution in [-0.2, 0) is 6.54 Å². The van der Waals surface area contributed by atoms with Crippen LogP contribution in [-0.4, -0.2) is 21.1 Å². The molecule has 8 heteroatoms. The van der Waals surface area contributed by atoms with Gasteiger partial charge in [0.05, 0.1) is 25.2 Å². The van der Waals surface area contributed by atoms with Gasteiger partial charge >= 0.3 is 0 Å². The largest absolute Gasteiger partial charge is 0.375 e. The van der Waals surface area contributed by atoms with E-state index in [1.54, 1.807) is 23.0 Å². The summed E-state index contributed by atoms with van der Waals surface area (Å²) in [5, 5.41) is 17.9. The number of nitrogens with zero attached hydrogens (tertiary/aromatic N) is 4. The van der Waals surface area contributed by atoms with Crippen molar-refractivity contribution in [2.75, 3.05) is 0 Å². The summed E-state index contributed by atoms with van der Waals surface area (Å²) in [6.07, 6.45) is 3.77. The topological polar surface area (TPSA) is 92.0 Å². The van der Waals surface area contributed by atoms with E-state index in [2.05, 4.69) is 21.7 Å². The molecular formula is C14H13ClN6S. The maximum Gasteiger partial charge on any atom is 0.184 e. The molecule has 3 N–H and O–H groups in total. The molecule has 2 aromatic rings. The number of aryl methyl sites for hydroxylation is 1. The highest BCUT2D eigenvalue weighted by atomic mass is 35.5. The molecule has 2 rings (SSSR count). The Morgan fingerprint density at radius 3 is 2.86 bits per heavy atom. The van der Waals surface area contributed by atoms with Crippen molar-refractivity contribution in [3.63, 3.8) is 0 Å². The van der Waals surface area contributed by atoms with Crippen LogP contribution < -0.4 is 11.2 Å². The summed E-state index contributed by atoms with van der Waals surface area (Å²) in [6, 6.07) is 9.42. The average Bonchev–Trinajstić information content (AvgIpc) is 2.89. The van der Waals surface area contributed by atoms with Crippen LogP contribution in [0.3, 0.4) is 0 Å². The summed E-state index contributed by atoms with van der Waals surface area (Å²) < 4.78 is 1.70. The molecule has 1 aromatic heterocycles. The summed E-state index contributed by atoms with van der Waals surface area (Å²) in [4.78, 5) is 0. The van der Waals surface area contributed by atoms with Crippen LogP contribution in [0.15, 0.2) is 35.6 Å². The predicted octanol–water partition coefficient (Wildman–Crippen LogP) is 2.28. The van der Waals surface area contributed by atoms with Gasteiger partial charge in [0.25, 0.3) is 0 Å². The first kappa shape index (κ1) is 15.9. The molecule has 1 heterocycles. The molecule has 0 saturated carbocycles. The molecule has 1 aromatic carbocycles. The van der Waals surface area contributed by atoms with E-state index < -0.39 is 0 Å². The number of nitriles is 1. The number of nitrogens with one attached hydrogen (secondary N) is 1. The summed E-state index contributed by atoms with van der Waals surface area (Å²) in [6.45, 7) is 0.508. The standard InChI is InChI=1S/C14H13ClN6S/c15-12-4-2-10(3-5-12)13-11(8-18-19-14(17)22)9-21(20-13)7-1-6-16/h2-5,8-9H,1,7H2,(H3,17,19,22)/b18-8+. The maximum absolute atomic E-state index is 8.68. The van der Waals surface area contributed by atoms with Crippen molar-refractivity contribution in [3.8, 4) is 17.3 Å². The van der Waals surface area contributed by atoms with Crippen molar-refractivity contribution in [2.45, 2.75) is 13.0 Å². The SMILES string of the molecule is N#CCCn1cc(/C=N/NC(N)=S)c(-c2ccc(Cl)cc2)n1. The monoisotopic (exact) mass is 332 g/mol. The number of nitrogens with two attached hydrogens (primary N) is 1. The van der Waals surface area contributed by atoms with Gasteiger partial charge in [-0.3, -0.25) is 10.1 Å². The van der Waals surface area contributed by atoms with Gasteiger partial charge in [-0.1, -0.05) is 23.7 Å². The second kappa shape index (κ2) is 7.54. The lowest BCUT2D eigenvalue weighted by molar-refractivity contribution is 0.629. The number of aromatic nitrogens is 2. The minimum absolute atomic E-state index is 0.0844. The highest BCUT2D eigenvalue weighted by molar-refractivity contribution is 7.80. The zero-order valence-corrected chi connectivity index (χ0v) is 13.1. The Kier molecular flexibility index (Phi) is 5.47. The first-order valence-corrected chi connectivity index (χ1v) is 7.17. The first-order chi connectivity index (χ1) is 10.6. The van der Waals surface area contributed by atoms with Crippen LogP contribution in [0.4, 0.5) is 0 Å². The molecule has 0 aliphatic carbocycles. The van der Waals surface area contributed by atoms with Crippen LogP contribution in [0.25, 0.3) is 11.3 Å². The fourth-order valence-corrected chi connectivity index (χ4v) is 1.99. The van der Waals surface area contributed by atoms with Gasteiger partial charge in [-0.2, -0.15) is 15.5 Å². The molecule has 0 bridgehead atoms. The van der Waals surface area contributed by atoms with Crippen molar-refractivity contribution in [1.29, 1.82) is 5.26 Å². The Labute approximate surface area is 138 Å². The normalized spacial score (nSPS) is 10.5. The van der Waals surface area contributed by atoms with Gasteiger partial charge in [-0.25, -0.2) is 0 Å². The number of hydrazone groups is 1. The second-order valence-electron chi connectivity index (χ2n) is 4.35. The van der Waals surface area contributed by atoms with Gasteiger partial charge in [0.2, 0.25) is 0 Å². The van der Waals surface area contributed by atoms with E-state index in [0.29, 0.717) is 18.0 Å². The van der Waals surface area contributed by atoms with Gasteiger partial charge in [-0.05, 0) is 24.4 Å². The van der Waals surface area contributed by atoms with Crippen LogP contribution >= 0.6 is 23.8 Å². The lowest BCUT2D eigenvalue weighted by Crippen LogP contribution is -2.24. The summed E-state index contributed by atoms with van der Waals surface area (Å²) in [7, 11) is 0. The molecule has 0 spiro atoms. The van der Waals surface area contributed by atoms with E-state index in [9.17, 15) is 0 Å². The molecule has 0 aliphatic heterocycles. The Hall–Kier alpha value is -2.43. The zero-order chi connectivity index (χ0) is 15.9. The number of hydrogen-bond donors (Lipinski definition) is 2. The molecule has 0 aliphatic rings. The molecule has 22 heavy (non-hydrogen) atoms. The van der Waals surface area contributed by atoms with Crippen LogP contribution in [0.2, 0.25) is 5.02 Å². The third-order valence-corrected chi connectivity index (χ3v) is 3.08. The predicted molar refractivity (Wildman–Crippen MR) is 90.4 cm³/mol. The molecule has 112 valence electrons. The van der Waals surface area contributed by atoms with Gasteiger partial charge in [0.1, 0.15) is 5.69 Å². The van der Waals surface area contributed by atoms with Gasteiger partial charge in [0, 0.05) is 22.3 Å². The number of rotatable bonds is 5. The number of halogens is 1. The Balaban J connectivity index is 2.34. The molecule has 6 nitrogen and oxygen atoms in total. The van der Waals surface area contributed by atoms with Crippen LogP contribution in [0.1, 0.15) is 12.0 Å². The number of benzene rings is 1. The Morgan fingerprint density at radius 2 is 2.23 bits per heavy atom. The third kappa shape index (κ3) is 4.28. The second-order valence-corrected chi connectivity index (χ2v) is 5.22. The Bertz CT molecular complexity index is 729. The fourth-order valence-electron chi connectivity index (χ4n) is 1.81. The third-order valence-electron chi connectivity index (χ3n) is 2.74. The smallest absolute Gasteiger partial charge is 0.184 e. The minimum Gasteiger partial charge on any atom is -0.375 e. The van der Waals surface area contributed by atoms with Gasteiger partial charge in [0.15, 0.2) is 5.11 Å². The van der Waals surface area contributed by atoms with E-state index in [1.165, 1.54) is 0 Å². The summed E-state index contributed by atoms with van der Waals surface area (Å²) >= 11 is 10.6. The van der Waals surface area contributed by atoms with E-state index >= 15 is 0 Å². The minimum atomic E-state index is 0.0844. The molecule has 0 amide bonds. The van der Waals surface area contributed by atoms with E-state index in [1.807, 2.05) is 18.3 Å². The quantitative estimate of drug-likeness (QED) is 0.498. The van der Waals surface area contributed by atoms with Crippen molar-refractivity contribution in [2.24, 2.45) is 10.8 Å². The summed E-state index contributed by atoms with van der Waals surface area (Å²) in [5.74, 6) is 0. The fraction of sp³-hybridized carbons (Fsp3) is 0.143. The molecule has 0 atom stereocenters. The average molecular weight is 333 g/mol. The molecule has 0 unspecified atom stereocenters. The van der Waals surface area contributed by atoms with Crippen molar-refractivity contribution in [3.05, 3.63) is 41.0 Å². The number of hydrogen-bond acceptors (Lipinski definition) is 4. The highest BCUT2D eigenvalue weighted by Crippen LogP contribution is 2.23. The van der Waals surface area contributed by atoms with E-state index in [0.717, 1.165) is 16.8 Å². The Morgan fingerprint density at radius 1 is 1.50 bits per heavy atom. The van der Waals surface area contributed by atoms with Gasteiger partial charge < -0.3 is 5.73 Å². The van der Waals surface area contributed by atoms with Crippen molar-refractivity contribution < 1.29 is 0 Å². The molecule has 0 fully saturated rings. The molecule has 0 radical (unpaired) electrons. The molecular weight excluding hydrogens is 320 g/mol. The first-order valence-electron chi connectivity index (χ1n) is 6.39. The van der Waals surface area contributed by atoms with Crippen molar-refractivity contribution >= 4 is 35.1 Å².